The van der Waals surface area contributed by atoms with Crippen molar-refractivity contribution in [3.8, 4) is 0 Å². The summed E-state index contributed by atoms with van der Waals surface area (Å²) < 4.78 is 3.28. The molecular weight excluding hydrogens is 498 g/mol. The monoisotopic (exact) mass is 533 g/mol. The number of nitrogen functional groups attached to an aromatic ring is 1. The Bertz CT molecular complexity index is 1320. The summed E-state index contributed by atoms with van der Waals surface area (Å²) in [4.78, 5) is 8.70. The van der Waals surface area contributed by atoms with Crippen molar-refractivity contribution in [3.05, 3.63) is 57.5 Å². The van der Waals surface area contributed by atoms with Gasteiger partial charge < -0.3 is 15.6 Å². The quantitative estimate of drug-likeness (QED) is 0.335. The molecule has 2 heterocycles. The van der Waals surface area contributed by atoms with E-state index in [1.54, 1.807) is 6.33 Å². The van der Waals surface area contributed by atoms with Crippen molar-refractivity contribution in [2.24, 2.45) is 10.8 Å². The van der Waals surface area contributed by atoms with Crippen molar-refractivity contribution in [1.29, 1.82) is 0 Å². The van der Waals surface area contributed by atoms with E-state index in [-0.39, 0.29) is 0 Å². The maximum Gasteiger partial charge on any atom is 0.146 e. The second-order valence-electron chi connectivity index (χ2n) is 11.6. The van der Waals surface area contributed by atoms with Crippen LogP contribution < -0.4 is 11.1 Å². The number of aryl methyl sites for hydroxylation is 1. The minimum absolute atomic E-state index is 0.431. The highest BCUT2D eigenvalue weighted by molar-refractivity contribution is 9.10. The second kappa shape index (κ2) is 8.45. The van der Waals surface area contributed by atoms with E-state index in [0.717, 1.165) is 41.3 Å². The van der Waals surface area contributed by atoms with Crippen molar-refractivity contribution < 1.29 is 0 Å². The molecular formula is C29H36BrN5. The molecule has 3 aliphatic rings. The molecule has 0 spiro atoms. The molecule has 35 heavy (non-hydrogen) atoms. The molecule has 1 aromatic carbocycles. The Hall–Kier alpha value is -2.18. The number of rotatable bonds is 8. The Labute approximate surface area is 216 Å². The molecule has 0 amide bonds. The first-order chi connectivity index (χ1) is 16.8. The number of aromatic nitrogens is 3. The van der Waals surface area contributed by atoms with E-state index in [9.17, 15) is 0 Å². The van der Waals surface area contributed by atoms with Crippen LogP contribution in [0, 0.1) is 17.8 Å². The third-order valence-corrected chi connectivity index (χ3v) is 9.87. The van der Waals surface area contributed by atoms with Crippen LogP contribution in [0.5, 0.6) is 0 Å². The van der Waals surface area contributed by atoms with Gasteiger partial charge in [0, 0.05) is 29.8 Å². The molecule has 0 radical (unpaired) electrons. The van der Waals surface area contributed by atoms with Crippen LogP contribution in [0.3, 0.4) is 0 Å². The van der Waals surface area contributed by atoms with Gasteiger partial charge in [0.2, 0.25) is 0 Å². The SMILES string of the molecule is CC/C(=C\c1ccc(C2CCC(n3cc(Br)c4c(N)ncnc43)C2)cc1C)CNCC12CC1(C)C2. The zero-order valence-corrected chi connectivity index (χ0v) is 22.7. The molecule has 3 aliphatic carbocycles. The second-order valence-corrected chi connectivity index (χ2v) is 12.4. The first-order valence-corrected chi connectivity index (χ1v) is 13.9. The van der Waals surface area contributed by atoms with E-state index in [1.807, 2.05) is 0 Å². The lowest BCUT2D eigenvalue weighted by Gasteiger charge is -2.16. The molecule has 3 aromatic rings. The van der Waals surface area contributed by atoms with Gasteiger partial charge in [-0.3, -0.25) is 0 Å². The fourth-order valence-electron chi connectivity index (χ4n) is 6.62. The van der Waals surface area contributed by atoms with E-state index in [1.165, 1.54) is 48.1 Å². The van der Waals surface area contributed by atoms with Crippen LogP contribution in [0.25, 0.3) is 17.1 Å². The molecule has 2 unspecified atom stereocenters. The summed E-state index contributed by atoms with van der Waals surface area (Å²) in [6.45, 7) is 9.17. The standard InChI is InChI=1S/C29H36BrN5/c1-4-19(12-32-16-29-14-28(29,3)15-29)10-20-5-6-21(9-18(20)2)22-7-8-23(11-22)35-13-24(30)25-26(31)33-17-34-27(25)35/h5-6,9-10,13,17,22-23,32H,4,7-8,11-12,14-16H2,1-3H3,(H2,31,33,34)/b19-10+. The fourth-order valence-corrected chi connectivity index (χ4v) is 7.22. The van der Waals surface area contributed by atoms with Gasteiger partial charge in [-0.1, -0.05) is 43.7 Å². The van der Waals surface area contributed by atoms with Crippen LogP contribution in [-0.4, -0.2) is 27.6 Å². The smallest absolute Gasteiger partial charge is 0.146 e. The van der Waals surface area contributed by atoms with E-state index in [4.69, 9.17) is 5.73 Å². The van der Waals surface area contributed by atoms with Crippen molar-refractivity contribution >= 4 is 38.9 Å². The largest absolute Gasteiger partial charge is 0.383 e. The molecule has 0 saturated heterocycles. The number of nitrogens with one attached hydrogen (secondary N) is 1. The minimum Gasteiger partial charge on any atom is -0.383 e. The summed E-state index contributed by atoms with van der Waals surface area (Å²) in [6, 6.07) is 7.54. The Kier molecular flexibility index (Phi) is 5.61. The van der Waals surface area contributed by atoms with Crippen LogP contribution >= 0.6 is 15.9 Å². The predicted molar refractivity (Wildman–Crippen MR) is 147 cm³/mol. The lowest BCUT2D eigenvalue weighted by atomic mass is 9.93. The molecule has 0 aliphatic heterocycles. The molecule has 3 saturated carbocycles. The number of hydrogen-bond donors (Lipinski definition) is 2. The van der Waals surface area contributed by atoms with Crippen LogP contribution in [-0.2, 0) is 0 Å². The lowest BCUT2D eigenvalue weighted by molar-refractivity contribution is 0.523. The highest BCUT2D eigenvalue weighted by Crippen LogP contribution is 2.85. The van der Waals surface area contributed by atoms with Gasteiger partial charge in [-0.05, 0) is 94.8 Å². The number of benzene rings is 1. The molecule has 5 nitrogen and oxygen atoms in total. The third kappa shape index (κ3) is 4.03. The van der Waals surface area contributed by atoms with E-state index >= 15 is 0 Å². The Morgan fingerprint density at radius 2 is 2.09 bits per heavy atom. The van der Waals surface area contributed by atoms with Gasteiger partial charge in [-0.15, -0.1) is 0 Å². The van der Waals surface area contributed by atoms with E-state index in [2.05, 4.69) is 87.0 Å². The molecule has 0 bridgehead atoms. The first kappa shape index (κ1) is 23.2. The van der Waals surface area contributed by atoms with Gasteiger partial charge in [-0.25, -0.2) is 9.97 Å². The number of halogens is 1. The number of nitrogens with two attached hydrogens (primary N) is 1. The van der Waals surface area contributed by atoms with Crippen LogP contribution in [0.4, 0.5) is 5.82 Å². The summed E-state index contributed by atoms with van der Waals surface area (Å²) in [6.07, 6.45) is 13.5. The highest BCUT2D eigenvalue weighted by atomic mass is 79.9. The zero-order valence-electron chi connectivity index (χ0n) is 21.1. The summed E-state index contributed by atoms with van der Waals surface area (Å²) in [7, 11) is 0. The summed E-state index contributed by atoms with van der Waals surface area (Å²) >= 11 is 3.66. The Balaban J connectivity index is 1.13. The highest BCUT2D eigenvalue weighted by Gasteiger charge is 2.79. The van der Waals surface area contributed by atoms with Crippen molar-refractivity contribution in [2.45, 2.75) is 71.3 Å². The first-order valence-electron chi connectivity index (χ1n) is 13.1. The maximum absolute atomic E-state index is 6.12. The lowest BCUT2D eigenvalue weighted by Crippen LogP contribution is -2.22. The molecule has 3 fully saturated rings. The average molecular weight is 535 g/mol. The fraction of sp³-hybridized carbons (Fsp3) is 0.517. The molecule has 2 aromatic heterocycles. The Morgan fingerprint density at radius 1 is 1.29 bits per heavy atom. The summed E-state index contributed by atoms with van der Waals surface area (Å²) in [5.74, 6) is 1.11. The Morgan fingerprint density at radius 3 is 2.80 bits per heavy atom. The van der Waals surface area contributed by atoms with Crippen LogP contribution in [0.1, 0.15) is 81.0 Å². The predicted octanol–water partition coefficient (Wildman–Crippen LogP) is 6.78. The van der Waals surface area contributed by atoms with Crippen LogP contribution in [0.2, 0.25) is 0 Å². The normalized spacial score (nSPS) is 29.5. The maximum atomic E-state index is 6.12. The zero-order chi connectivity index (χ0) is 24.4. The van der Waals surface area contributed by atoms with Crippen LogP contribution in [0.15, 0.2) is 40.8 Å². The topological polar surface area (TPSA) is 68.8 Å². The van der Waals surface area contributed by atoms with Gasteiger partial charge in [0.25, 0.3) is 0 Å². The molecule has 2 atom stereocenters. The summed E-state index contributed by atoms with van der Waals surface area (Å²) in [5, 5.41) is 4.67. The van der Waals surface area contributed by atoms with Crippen molar-refractivity contribution in [2.75, 3.05) is 18.8 Å². The van der Waals surface area contributed by atoms with Crippen molar-refractivity contribution in [3.63, 3.8) is 0 Å². The number of anilines is 1. The number of fused-ring (bicyclic) bond motifs is 2. The van der Waals surface area contributed by atoms with Gasteiger partial charge in [0.05, 0.1) is 5.39 Å². The number of hydrogen-bond acceptors (Lipinski definition) is 4. The van der Waals surface area contributed by atoms with Gasteiger partial charge in [-0.2, -0.15) is 0 Å². The van der Waals surface area contributed by atoms with Gasteiger partial charge in [0.1, 0.15) is 17.8 Å². The molecule has 6 rings (SSSR count). The van der Waals surface area contributed by atoms with Gasteiger partial charge in [0.15, 0.2) is 0 Å². The van der Waals surface area contributed by atoms with Gasteiger partial charge >= 0.3 is 0 Å². The number of nitrogens with zero attached hydrogens (tertiary/aromatic N) is 3. The summed E-state index contributed by atoms with van der Waals surface area (Å²) in [5.41, 5.74) is 14.1. The molecule has 6 heteroatoms. The minimum atomic E-state index is 0.431. The van der Waals surface area contributed by atoms with E-state index in [0.29, 0.717) is 28.6 Å². The average Bonchev–Trinajstić information content (AvgIpc) is 3.35. The molecule has 3 N–H and O–H groups in total. The van der Waals surface area contributed by atoms with E-state index < -0.39 is 0 Å². The molecule has 184 valence electrons. The third-order valence-electron chi connectivity index (χ3n) is 9.27. The van der Waals surface area contributed by atoms with Crippen molar-refractivity contribution in [1.82, 2.24) is 19.9 Å².